The van der Waals surface area contributed by atoms with Crippen LogP contribution >= 0.6 is 0 Å². The molecule has 1 aromatic carbocycles. The summed E-state index contributed by atoms with van der Waals surface area (Å²) < 4.78 is 10.8. The summed E-state index contributed by atoms with van der Waals surface area (Å²) in [5.74, 6) is -0.580. The molecule has 0 radical (unpaired) electrons. The van der Waals surface area contributed by atoms with Crippen molar-refractivity contribution in [2.24, 2.45) is 11.8 Å². The minimum atomic E-state index is -0.776. The minimum Gasteiger partial charge on any atom is -0.444 e. The van der Waals surface area contributed by atoms with E-state index >= 15 is 0 Å². The fraction of sp³-hybridized carbons (Fsp3) is 0.625. The molecule has 1 aliphatic rings. The van der Waals surface area contributed by atoms with Crippen LogP contribution in [0, 0.1) is 18.8 Å². The van der Waals surface area contributed by atoms with Gasteiger partial charge in [-0.3, -0.25) is 9.59 Å². The maximum Gasteiger partial charge on any atom is 0.408 e. The van der Waals surface area contributed by atoms with E-state index in [1.54, 1.807) is 32.9 Å². The van der Waals surface area contributed by atoms with E-state index in [0.29, 0.717) is 25.2 Å². The fourth-order valence-corrected chi connectivity index (χ4v) is 3.38. The van der Waals surface area contributed by atoms with Gasteiger partial charge < -0.3 is 25.4 Å². The Hall–Kier alpha value is -2.61. The van der Waals surface area contributed by atoms with Crippen molar-refractivity contribution >= 4 is 17.9 Å². The summed E-state index contributed by atoms with van der Waals surface area (Å²) in [6.07, 6.45) is 0.0306. The number of hydrogen-bond donors (Lipinski definition) is 3. The lowest BCUT2D eigenvalue weighted by Crippen LogP contribution is -2.56. The fourth-order valence-electron chi connectivity index (χ4n) is 3.38. The Morgan fingerprint density at radius 3 is 2.31 bits per heavy atom. The number of ether oxygens (including phenoxy) is 2. The standard InChI is InChI=1S/C24H37N3O5/c1-15(2)19(13-25-21(28)17-9-7-16(3)8-10-17)26-22(29)20(18-11-12-31-14-18)27-23(30)32-24(4,5)6/h7-10,15,18-20H,11-14H2,1-6H3,(H,25,28)(H,26,29)(H,27,30)/t18?,19-,20?/m1/s1. The van der Waals surface area contributed by atoms with Crippen molar-refractivity contribution in [3.05, 3.63) is 35.4 Å². The maximum absolute atomic E-state index is 13.1. The lowest BCUT2D eigenvalue weighted by molar-refractivity contribution is -0.125. The van der Waals surface area contributed by atoms with Crippen LogP contribution in [-0.4, -0.2) is 55.4 Å². The van der Waals surface area contributed by atoms with Gasteiger partial charge in [-0.05, 0) is 52.2 Å². The second kappa shape index (κ2) is 11.3. The number of benzene rings is 1. The van der Waals surface area contributed by atoms with Gasteiger partial charge in [0.25, 0.3) is 5.91 Å². The summed E-state index contributed by atoms with van der Waals surface area (Å²) in [5.41, 5.74) is 0.975. The van der Waals surface area contributed by atoms with Gasteiger partial charge in [0.15, 0.2) is 0 Å². The van der Waals surface area contributed by atoms with Crippen molar-refractivity contribution in [1.29, 1.82) is 0 Å². The van der Waals surface area contributed by atoms with Crippen molar-refractivity contribution < 1.29 is 23.9 Å². The van der Waals surface area contributed by atoms with Crippen LogP contribution in [0.2, 0.25) is 0 Å². The first-order chi connectivity index (χ1) is 15.0. The van der Waals surface area contributed by atoms with Gasteiger partial charge in [0.2, 0.25) is 5.91 Å². The molecule has 32 heavy (non-hydrogen) atoms. The molecule has 0 bridgehead atoms. The maximum atomic E-state index is 13.1. The molecule has 178 valence electrons. The van der Waals surface area contributed by atoms with Gasteiger partial charge in [-0.1, -0.05) is 31.5 Å². The predicted molar refractivity (Wildman–Crippen MR) is 122 cm³/mol. The molecule has 1 aliphatic heterocycles. The summed E-state index contributed by atoms with van der Waals surface area (Å²) in [6.45, 7) is 12.4. The number of hydrogen-bond acceptors (Lipinski definition) is 5. The SMILES string of the molecule is Cc1ccc(C(=O)NC[C@@H](NC(=O)C(NC(=O)OC(C)(C)C)C2CCOC2)C(C)C)cc1. The van der Waals surface area contributed by atoms with Crippen LogP contribution < -0.4 is 16.0 Å². The van der Waals surface area contributed by atoms with E-state index in [9.17, 15) is 14.4 Å². The van der Waals surface area contributed by atoms with E-state index in [-0.39, 0.29) is 36.2 Å². The zero-order valence-corrected chi connectivity index (χ0v) is 20.0. The lowest BCUT2D eigenvalue weighted by Gasteiger charge is -2.29. The van der Waals surface area contributed by atoms with Gasteiger partial charge in [0, 0.05) is 30.7 Å². The monoisotopic (exact) mass is 447 g/mol. The highest BCUT2D eigenvalue weighted by molar-refractivity contribution is 5.94. The molecule has 8 heteroatoms. The van der Waals surface area contributed by atoms with Gasteiger partial charge in [-0.15, -0.1) is 0 Å². The molecule has 1 saturated heterocycles. The Morgan fingerprint density at radius 1 is 1.12 bits per heavy atom. The largest absolute Gasteiger partial charge is 0.444 e. The van der Waals surface area contributed by atoms with Crippen LogP contribution in [0.15, 0.2) is 24.3 Å². The zero-order valence-electron chi connectivity index (χ0n) is 20.0. The van der Waals surface area contributed by atoms with Crippen LogP contribution in [0.5, 0.6) is 0 Å². The number of carbonyl (C=O) groups is 3. The van der Waals surface area contributed by atoms with E-state index in [1.165, 1.54) is 0 Å². The van der Waals surface area contributed by atoms with E-state index in [4.69, 9.17) is 9.47 Å². The Kier molecular flexibility index (Phi) is 9.07. The van der Waals surface area contributed by atoms with Gasteiger partial charge in [0.1, 0.15) is 11.6 Å². The number of amides is 3. The van der Waals surface area contributed by atoms with Crippen molar-refractivity contribution in [2.45, 2.75) is 65.6 Å². The Balaban J connectivity index is 2.02. The number of rotatable bonds is 8. The second-order valence-electron chi connectivity index (χ2n) is 9.68. The molecular formula is C24H37N3O5. The molecule has 8 nitrogen and oxygen atoms in total. The van der Waals surface area contributed by atoms with Crippen molar-refractivity contribution in [1.82, 2.24) is 16.0 Å². The molecule has 3 atom stereocenters. The smallest absolute Gasteiger partial charge is 0.408 e. The first kappa shape index (κ1) is 25.6. The second-order valence-corrected chi connectivity index (χ2v) is 9.68. The van der Waals surface area contributed by atoms with E-state index < -0.39 is 17.7 Å². The van der Waals surface area contributed by atoms with Gasteiger partial charge in [-0.2, -0.15) is 0 Å². The average molecular weight is 448 g/mol. The Labute approximate surface area is 190 Å². The summed E-state index contributed by atoms with van der Waals surface area (Å²) in [4.78, 5) is 38.0. The average Bonchev–Trinajstić information content (AvgIpc) is 3.22. The van der Waals surface area contributed by atoms with Crippen LogP contribution in [0.4, 0.5) is 4.79 Å². The molecule has 2 unspecified atom stereocenters. The highest BCUT2D eigenvalue weighted by atomic mass is 16.6. The first-order valence-corrected chi connectivity index (χ1v) is 11.2. The van der Waals surface area contributed by atoms with Crippen molar-refractivity contribution in [3.63, 3.8) is 0 Å². The summed E-state index contributed by atoms with van der Waals surface area (Å²) in [5, 5.41) is 8.61. The quantitative estimate of drug-likeness (QED) is 0.568. The molecule has 1 fully saturated rings. The van der Waals surface area contributed by atoms with E-state index in [2.05, 4.69) is 16.0 Å². The third kappa shape index (κ3) is 8.15. The lowest BCUT2D eigenvalue weighted by atomic mass is 9.96. The molecular weight excluding hydrogens is 410 g/mol. The number of nitrogens with one attached hydrogen (secondary N) is 3. The summed E-state index contributed by atoms with van der Waals surface area (Å²) in [6, 6.07) is 6.23. The summed E-state index contributed by atoms with van der Waals surface area (Å²) in [7, 11) is 0. The van der Waals surface area contributed by atoms with Gasteiger partial charge >= 0.3 is 6.09 Å². The Bertz CT molecular complexity index is 780. The first-order valence-electron chi connectivity index (χ1n) is 11.2. The topological polar surface area (TPSA) is 106 Å². The molecule has 1 aromatic rings. The Morgan fingerprint density at radius 2 is 1.78 bits per heavy atom. The molecule has 0 saturated carbocycles. The summed E-state index contributed by atoms with van der Waals surface area (Å²) >= 11 is 0. The molecule has 2 rings (SSSR count). The molecule has 0 spiro atoms. The molecule has 3 N–H and O–H groups in total. The number of carbonyl (C=O) groups excluding carboxylic acids is 3. The zero-order chi connectivity index (χ0) is 23.9. The highest BCUT2D eigenvalue weighted by Crippen LogP contribution is 2.18. The van der Waals surface area contributed by atoms with E-state index in [0.717, 1.165) is 5.56 Å². The number of alkyl carbamates (subject to hydrolysis) is 1. The molecule has 0 aliphatic carbocycles. The van der Waals surface area contributed by atoms with Crippen molar-refractivity contribution in [2.75, 3.05) is 19.8 Å². The van der Waals surface area contributed by atoms with E-state index in [1.807, 2.05) is 32.9 Å². The van der Waals surface area contributed by atoms with Gasteiger partial charge in [0.05, 0.1) is 6.61 Å². The van der Waals surface area contributed by atoms with Gasteiger partial charge in [-0.25, -0.2) is 4.79 Å². The van der Waals surface area contributed by atoms with Crippen molar-refractivity contribution in [3.8, 4) is 0 Å². The molecule has 0 aromatic heterocycles. The van der Waals surface area contributed by atoms with Crippen LogP contribution in [0.3, 0.4) is 0 Å². The molecule has 3 amide bonds. The number of aryl methyl sites for hydroxylation is 1. The van der Waals surface area contributed by atoms with Crippen LogP contribution in [0.25, 0.3) is 0 Å². The third-order valence-electron chi connectivity index (χ3n) is 5.32. The third-order valence-corrected chi connectivity index (χ3v) is 5.32. The van der Waals surface area contributed by atoms with Crippen LogP contribution in [-0.2, 0) is 14.3 Å². The van der Waals surface area contributed by atoms with Crippen LogP contribution in [0.1, 0.15) is 57.0 Å². The highest BCUT2D eigenvalue weighted by Gasteiger charge is 2.35. The predicted octanol–water partition coefficient (Wildman–Crippen LogP) is 2.80. The normalized spacial score (nSPS) is 18.0. The molecule has 1 heterocycles. The minimum absolute atomic E-state index is 0.0688.